The number of hydrogen-bond donors (Lipinski definition) is 1. The molecule has 3 aliphatic heterocycles. The molecule has 6 rings (SSSR count). The van der Waals surface area contributed by atoms with Gasteiger partial charge in [-0.15, -0.1) is 0 Å². The maximum atomic E-state index is 16.6. The smallest absolute Gasteiger partial charge is 0.410 e. The van der Waals surface area contributed by atoms with Gasteiger partial charge in [-0.05, 0) is 60.0 Å². The monoisotopic (exact) mass is 641 g/mol. The number of rotatable bonds is 3. The van der Waals surface area contributed by atoms with E-state index in [-0.39, 0.29) is 58.9 Å². The number of ether oxygens (including phenoxy) is 2. The van der Waals surface area contributed by atoms with Crippen LogP contribution in [0.3, 0.4) is 0 Å². The molecule has 0 unspecified atom stereocenters. The Morgan fingerprint density at radius 1 is 1.20 bits per heavy atom. The van der Waals surface area contributed by atoms with Gasteiger partial charge in [-0.2, -0.15) is 0 Å². The van der Waals surface area contributed by atoms with E-state index in [0.29, 0.717) is 23.3 Å². The van der Waals surface area contributed by atoms with Crippen molar-refractivity contribution in [3.05, 3.63) is 46.6 Å². The summed E-state index contributed by atoms with van der Waals surface area (Å²) in [5.74, 6) is -0.0481. The summed E-state index contributed by atoms with van der Waals surface area (Å²) in [6.45, 7) is 8.31. The summed E-state index contributed by atoms with van der Waals surface area (Å²) in [6, 6.07) is 4.13. The van der Waals surface area contributed by atoms with Crippen LogP contribution in [0.25, 0.3) is 22.0 Å². The van der Waals surface area contributed by atoms with Crippen molar-refractivity contribution in [3.63, 3.8) is 0 Å². The van der Waals surface area contributed by atoms with E-state index in [1.165, 1.54) is 18.2 Å². The van der Waals surface area contributed by atoms with E-state index in [9.17, 15) is 19.1 Å². The highest BCUT2D eigenvalue weighted by Gasteiger charge is 2.48. The Morgan fingerprint density at radius 2 is 1.93 bits per heavy atom. The van der Waals surface area contributed by atoms with E-state index in [1.54, 1.807) is 30.6 Å². The van der Waals surface area contributed by atoms with Crippen LogP contribution in [0, 0.1) is 11.6 Å². The molecule has 3 aromatic rings. The average molecular weight is 642 g/mol. The van der Waals surface area contributed by atoms with Crippen LogP contribution in [-0.4, -0.2) is 96.0 Å². The number of benzene rings is 2. The van der Waals surface area contributed by atoms with Gasteiger partial charge in [-0.25, -0.2) is 23.4 Å². The minimum Gasteiger partial charge on any atom is -0.507 e. The molecule has 0 radical (unpaired) electrons. The van der Waals surface area contributed by atoms with Crippen molar-refractivity contribution in [3.8, 4) is 22.8 Å². The van der Waals surface area contributed by atoms with Gasteiger partial charge < -0.3 is 34.2 Å². The Bertz CT molecular complexity index is 1750. The number of carbonyl (C=O) groups is 1. The summed E-state index contributed by atoms with van der Waals surface area (Å²) in [7, 11) is 3.76. The number of aromatic hydroxyl groups is 1. The van der Waals surface area contributed by atoms with Crippen molar-refractivity contribution in [1.29, 1.82) is 0 Å². The summed E-state index contributed by atoms with van der Waals surface area (Å²) >= 11 is 6.67. The van der Waals surface area contributed by atoms with Gasteiger partial charge in [0.15, 0.2) is 5.82 Å². The molecule has 2 aromatic carbocycles. The number of hydrogen-bond acceptors (Lipinski definition) is 9. The van der Waals surface area contributed by atoms with E-state index in [2.05, 4.69) is 10.9 Å². The molecule has 1 fully saturated rings. The second-order valence-corrected chi connectivity index (χ2v) is 13.3. The van der Waals surface area contributed by atoms with Crippen LogP contribution in [0.5, 0.6) is 11.6 Å². The van der Waals surface area contributed by atoms with Gasteiger partial charge in [0.2, 0.25) is 5.88 Å². The lowest BCUT2D eigenvalue weighted by atomic mass is 9.94. The molecular formula is C32H34ClF2N5O5. The van der Waals surface area contributed by atoms with Crippen molar-refractivity contribution < 1.29 is 33.0 Å². The van der Waals surface area contributed by atoms with Crippen molar-refractivity contribution in [1.82, 2.24) is 14.8 Å². The molecule has 1 aromatic heterocycles. The quantitative estimate of drug-likeness (QED) is 0.387. The number of pyridine rings is 1. The van der Waals surface area contributed by atoms with E-state index >= 15 is 4.39 Å². The van der Waals surface area contributed by atoms with Crippen LogP contribution < -0.4 is 14.5 Å². The number of piperazine rings is 1. The molecule has 1 saturated heterocycles. The lowest BCUT2D eigenvalue weighted by molar-refractivity contribution is 0.0133. The van der Waals surface area contributed by atoms with E-state index < -0.39 is 41.2 Å². The molecule has 238 valence electrons. The Kier molecular flexibility index (Phi) is 7.58. The van der Waals surface area contributed by atoms with Gasteiger partial charge in [0.25, 0.3) is 0 Å². The van der Waals surface area contributed by atoms with Crippen LogP contribution in [0.2, 0.25) is 5.02 Å². The van der Waals surface area contributed by atoms with Crippen LogP contribution >= 0.6 is 11.6 Å². The molecule has 4 heterocycles. The molecule has 0 aliphatic carbocycles. The second kappa shape index (κ2) is 11.0. The SMILES string of the molecule is C[C@@H]1CN2c3c4c(nc5c(F)c(-c6c(O)cccc6F)c(Cl)cc35)O[C@@H](CN(C)C)CN4C(=C=O)[C@H]2CN1C(=O)OC(C)(C)C. The molecule has 1 amide bonds. The molecule has 0 saturated carbocycles. The van der Waals surface area contributed by atoms with Crippen LogP contribution in [-0.2, 0) is 9.53 Å². The molecule has 45 heavy (non-hydrogen) atoms. The third kappa shape index (κ3) is 5.20. The Hall–Kier alpha value is -4.12. The highest BCUT2D eigenvalue weighted by molar-refractivity contribution is 6.34. The molecule has 10 nitrogen and oxygen atoms in total. The molecule has 13 heteroatoms. The average Bonchev–Trinajstić information content (AvgIpc) is 2.93. The Balaban J connectivity index is 1.59. The molecule has 3 atom stereocenters. The van der Waals surface area contributed by atoms with Crippen molar-refractivity contribution in [2.45, 2.75) is 51.5 Å². The normalized spacial score (nSPS) is 21.0. The zero-order valence-electron chi connectivity index (χ0n) is 25.8. The summed E-state index contributed by atoms with van der Waals surface area (Å²) in [5.41, 5.74) is -0.319. The molecule has 1 N–H and O–H groups in total. The van der Waals surface area contributed by atoms with Gasteiger partial charge in [-0.1, -0.05) is 17.7 Å². The van der Waals surface area contributed by atoms with Gasteiger partial charge in [0, 0.05) is 30.1 Å². The van der Waals surface area contributed by atoms with Crippen LogP contribution in [0.15, 0.2) is 30.0 Å². The number of fused-ring (bicyclic) bond motifs is 4. The lowest BCUT2D eigenvalue weighted by Crippen LogP contribution is -2.64. The van der Waals surface area contributed by atoms with E-state index in [4.69, 9.17) is 21.1 Å². The number of amides is 1. The van der Waals surface area contributed by atoms with Crippen molar-refractivity contribution in [2.24, 2.45) is 0 Å². The number of nitrogens with zero attached hydrogens (tertiary/aromatic N) is 5. The van der Waals surface area contributed by atoms with Crippen LogP contribution in [0.1, 0.15) is 27.7 Å². The first kappa shape index (κ1) is 30.9. The predicted molar refractivity (Wildman–Crippen MR) is 167 cm³/mol. The van der Waals surface area contributed by atoms with Crippen molar-refractivity contribution >= 4 is 45.9 Å². The van der Waals surface area contributed by atoms with Gasteiger partial charge >= 0.3 is 6.09 Å². The molecule has 3 aliphatic rings. The Labute approximate surface area is 264 Å². The zero-order chi connectivity index (χ0) is 32.5. The largest absolute Gasteiger partial charge is 0.507 e. The maximum absolute atomic E-state index is 16.6. The fourth-order valence-electron chi connectivity index (χ4n) is 6.43. The fourth-order valence-corrected chi connectivity index (χ4v) is 6.72. The minimum atomic E-state index is -0.935. The first-order valence-electron chi connectivity index (χ1n) is 14.6. The summed E-state index contributed by atoms with van der Waals surface area (Å²) in [5, 5.41) is 10.7. The molecule has 0 spiro atoms. The van der Waals surface area contributed by atoms with E-state index in [0.717, 1.165) is 6.07 Å². The second-order valence-electron chi connectivity index (χ2n) is 12.9. The zero-order valence-corrected chi connectivity index (χ0v) is 26.6. The number of carbonyl (C=O) groups excluding carboxylic acids is 2. The van der Waals surface area contributed by atoms with Gasteiger partial charge in [-0.3, -0.25) is 0 Å². The first-order valence-corrected chi connectivity index (χ1v) is 15.0. The standard InChI is InChI=1S/C32H34ClF2N5O5/c1-16-11-39-21(14-38(16)31(43)45-32(2,3)4)22(15-41)40-13-17(12-37(5)6)44-30-29(40)28(39)18-10-19(33)24(26(35)27(18)36-30)25-20(34)8-7-9-23(25)42/h7-10,16-17,21,42H,11-14H2,1-6H3/t16-,17+,21-/m1/s1. The van der Waals surface area contributed by atoms with Crippen LogP contribution in [0.4, 0.5) is 25.0 Å². The van der Waals surface area contributed by atoms with Gasteiger partial charge in [0.05, 0.1) is 35.4 Å². The number of phenolic OH excluding ortho intramolecular Hbond substituents is 1. The topological polar surface area (TPSA) is 98.7 Å². The first-order chi connectivity index (χ1) is 21.2. The summed E-state index contributed by atoms with van der Waals surface area (Å²) < 4.78 is 43.6. The highest BCUT2D eigenvalue weighted by atomic mass is 35.5. The van der Waals surface area contributed by atoms with Gasteiger partial charge in [0.1, 0.15) is 46.1 Å². The minimum absolute atomic E-state index is 0.0916. The number of phenols is 1. The predicted octanol–water partition coefficient (Wildman–Crippen LogP) is 5.21. The Morgan fingerprint density at radius 3 is 2.58 bits per heavy atom. The van der Waals surface area contributed by atoms with E-state index in [1.807, 2.05) is 30.8 Å². The lowest BCUT2D eigenvalue weighted by Gasteiger charge is -2.53. The highest BCUT2D eigenvalue weighted by Crippen LogP contribution is 2.53. The maximum Gasteiger partial charge on any atom is 0.410 e. The summed E-state index contributed by atoms with van der Waals surface area (Å²) in [4.78, 5) is 37.8. The third-order valence-electron chi connectivity index (χ3n) is 8.20. The summed E-state index contributed by atoms with van der Waals surface area (Å²) in [6.07, 6.45) is -0.975. The number of anilines is 2. The number of aromatic nitrogens is 1. The molecular weight excluding hydrogens is 608 g/mol. The number of halogens is 3. The molecule has 0 bridgehead atoms. The third-order valence-corrected chi connectivity index (χ3v) is 8.50. The van der Waals surface area contributed by atoms with Crippen molar-refractivity contribution in [2.75, 3.05) is 50.1 Å². The number of likely N-dealkylation sites (N-methyl/N-ethyl adjacent to an activating group) is 1. The fraction of sp³-hybridized carbons (Fsp3) is 0.438.